The van der Waals surface area contributed by atoms with Crippen LogP contribution in [0.1, 0.15) is 73.1 Å². The summed E-state index contributed by atoms with van der Waals surface area (Å²) in [6.07, 6.45) is 8.63. The van der Waals surface area contributed by atoms with Crippen LogP contribution in [-0.4, -0.2) is 13.1 Å². The van der Waals surface area contributed by atoms with E-state index in [4.69, 9.17) is 0 Å². The molecule has 0 bridgehead atoms. The van der Waals surface area contributed by atoms with Crippen LogP contribution in [0, 0.1) is 29.6 Å². The summed E-state index contributed by atoms with van der Waals surface area (Å²) in [6, 6.07) is 0. The summed E-state index contributed by atoms with van der Waals surface area (Å²) in [5, 5.41) is 3.71. The molecule has 1 rings (SSSR count). The SMILES string of the molecule is CCC(C)CC1CC(CC)CCC1CNCC(C)C. The third-order valence-electron chi connectivity index (χ3n) is 5.19. The van der Waals surface area contributed by atoms with Gasteiger partial charge in [0.15, 0.2) is 0 Å². The van der Waals surface area contributed by atoms with E-state index in [1.165, 1.54) is 51.6 Å². The maximum absolute atomic E-state index is 3.71. The molecule has 0 aromatic heterocycles. The molecular weight excluding hydrogens is 230 g/mol. The maximum Gasteiger partial charge on any atom is -0.00178 e. The van der Waals surface area contributed by atoms with Crippen molar-refractivity contribution in [3.05, 3.63) is 0 Å². The van der Waals surface area contributed by atoms with Gasteiger partial charge in [0.25, 0.3) is 0 Å². The van der Waals surface area contributed by atoms with Gasteiger partial charge < -0.3 is 5.32 Å². The second-order valence-electron chi connectivity index (χ2n) is 7.41. The highest BCUT2D eigenvalue weighted by molar-refractivity contribution is 4.82. The van der Waals surface area contributed by atoms with Gasteiger partial charge in [0.05, 0.1) is 0 Å². The van der Waals surface area contributed by atoms with E-state index in [9.17, 15) is 0 Å². The predicted molar refractivity (Wildman–Crippen MR) is 86.4 cm³/mol. The normalized spacial score (nSPS) is 29.7. The fourth-order valence-corrected chi connectivity index (χ4v) is 3.59. The molecule has 1 saturated carbocycles. The van der Waals surface area contributed by atoms with Crippen LogP contribution in [0.15, 0.2) is 0 Å². The second kappa shape index (κ2) is 9.00. The third-order valence-corrected chi connectivity index (χ3v) is 5.19. The molecule has 0 aromatic rings. The Labute approximate surface area is 121 Å². The average Bonchev–Trinajstić information content (AvgIpc) is 2.39. The van der Waals surface area contributed by atoms with Crippen LogP contribution in [0.5, 0.6) is 0 Å². The van der Waals surface area contributed by atoms with Crippen LogP contribution >= 0.6 is 0 Å². The van der Waals surface area contributed by atoms with Crippen molar-refractivity contribution in [2.45, 2.75) is 73.1 Å². The quantitative estimate of drug-likeness (QED) is 0.644. The first-order chi connectivity index (χ1) is 9.06. The summed E-state index contributed by atoms with van der Waals surface area (Å²) in [4.78, 5) is 0. The van der Waals surface area contributed by atoms with E-state index in [1.807, 2.05) is 0 Å². The molecule has 19 heavy (non-hydrogen) atoms. The Hall–Kier alpha value is -0.0400. The highest BCUT2D eigenvalue weighted by atomic mass is 14.9. The predicted octanol–water partition coefficient (Wildman–Crippen LogP) is 5.11. The Morgan fingerprint density at radius 3 is 2.37 bits per heavy atom. The highest BCUT2D eigenvalue weighted by Crippen LogP contribution is 2.39. The molecule has 1 fully saturated rings. The van der Waals surface area contributed by atoms with E-state index in [-0.39, 0.29) is 0 Å². The summed E-state index contributed by atoms with van der Waals surface area (Å²) >= 11 is 0. The van der Waals surface area contributed by atoms with Gasteiger partial charge in [-0.05, 0) is 61.9 Å². The molecule has 1 N–H and O–H groups in total. The average molecular weight is 268 g/mol. The second-order valence-corrected chi connectivity index (χ2v) is 7.41. The molecule has 0 amide bonds. The van der Waals surface area contributed by atoms with Crippen molar-refractivity contribution in [2.75, 3.05) is 13.1 Å². The lowest BCUT2D eigenvalue weighted by molar-refractivity contribution is 0.146. The van der Waals surface area contributed by atoms with E-state index in [0.717, 1.165) is 29.6 Å². The summed E-state index contributed by atoms with van der Waals surface area (Å²) in [7, 11) is 0. The Morgan fingerprint density at radius 2 is 1.79 bits per heavy atom. The summed E-state index contributed by atoms with van der Waals surface area (Å²) in [6.45, 7) is 14.2. The smallest absolute Gasteiger partial charge is 0.00178 e. The number of rotatable bonds is 8. The fraction of sp³-hybridized carbons (Fsp3) is 1.00. The first-order valence-electron chi connectivity index (χ1n) is 8.77. The maximum atomic E-state index is 3.71. The standard InChI is InChI=1S/C18H37N/c1-6-15(5)10-18-11-16(7-2)8-9-17(18)13-19-12-14(3)4/h14-19H,6-13H2,1-5H3. The van der Waals surface area contributed by atoms with Crippen molar-refractivity contribution in [3.63, 3.8) is 0 Å². The fourth-order valence-electron chi connectivity index (χ4n) is 3.59. The van der Waals surface area contributed by atoms with Gasteiger partial charge in [0, 0.05) is 0 Å². The van der Waals surface area contributed by atoms with Crippen molar-refractivity contribution in [2.24, 2.45) is 29.6 Å². The lowest BCUT2D eigenvalue weighted by Crippen LogP contribution is -2.35. The molecule has 0 spiro atoms. The third kappa shape index (κ3) is 6.29. The van der Waals surface area contributed by atoms with E-state index in [0.29, 0.717) is 0 Å². The summed E-state index contributed by atoms with van der Waals surface area (Å²) in [5.41, 5.74) is 0. The monoisotopic (exact) mass is 267 g/mol. The Bertz CT molecular complexity index is 222. The van der Waals surface area contributed by atoms with Crippen molar-refractivity contribution < 1.29 is 0 Å². The van der Waals surface area contributed by atoms with Crippen molar-refractivity contribution in [1.29, 1.82) is 0 Å². The Morgan fingerprint density at radius 1 is 1.05 bits per heavy atom. The van der Waals surface area contributed by atoms with E-state index >= 15 is 0 Å². The highest BCUT2D eigenvalue weighted by Gasteiger charge is 2.30. The van der Waals surface area contributed by atoms with Crippen LogP contribution in [0.2, 0.25) is 0 Å². The van der Waals surface area contributed by atoms with Crippen LogP contribution in [0.25, 0.3) is 0 Å². The van der Waals surface area contributed by atoms with Gasteiger partial charge in [0.1, 0.15) is 0 Å². The van der Waals surface area contributed by atoms with Crippen LogP contribution in [0.3, 0.4) is 0 Å². The molecule has 1 aliphatic carbocycles. The van der Waals surface area contributed by atoms with Crippen LogP contribution < -0.4 is 5.32 Å². The first kappa shape index (κ1) is 17.0. The minimum Gasteiger partial charge on any atom is -0.316 e. The van der Waals surface area contributed by atoms with E-state index in [2.05, 4.69) is 39.9 Å². The van der Waals surface area contributed by atoms with Gasteiger partial charge in [-0.15, -0.1) is 0 Å². The Balaban J connectivity index is 2.45. The lowest BCUT2D eigenvalue weighted by Gasteiger charge is -2.37. The zero-order valence-corrected chi connectivity index (χ0v) is 14.0. The zero-order valence-electron chi connectivity index (χ0n) is 14.0. The summed E-state index contributed by atoms with van der Waals surface area (Å²) in [5.74, 6) is 4.62. The molecule has 4 atom stereocenters. The number of hydrogen-bond acceptors (Lipinski definition) is 1. The minimum absolute atomic E-state index is 0.778. The van der Waals surface area contributed by atoms with Gasteiger partial charge in [0.2, 0.25) is 0 Å². The van der Waals surface area contributed by atoms with Gasteiger partial charge >= 0.3 is 0 Å². The molecular formula is C18H37N. The van der Waals surface area contributed by atoms with Gasteiger partial charge in [-0.25, -0.2) is 0 Å². The number of nitrogens with one attached hydrogen (secondary N) is 1. The molecule has 1 heteroatoms. The van der Waals surface area contributed by atoms with Gasteiger partial charge in [-0.1, -0.05) is 53.9 Å². The molecule has 0 saturated heterocycles. The summed E-state index contributed by atoms with van der Waals surface area (Å²) < 4.78 is 0. The van der Waals surface area contributed by atoms with Gasteiger partial charge in [-0.2, -0.15) is 0 Å². The largest absolute Gasteiger partial charge is 0.316 e. The molecule has 4 unspecified atom stereocenters. The molecule has 0 heterocycles. The van der Waals surface area contributed by atoms with E-state index < -0.39 is 0 Å². The Kier molecular flexibility index (Phi) is 8.06. The van der Waals surface area contributed by atoms with Crippen LogP contribution in [-0.2, 0) is 0 Å². The molecule has 1 aliphatic rings. The minimum atomic E-state index is 0.778. The van der Waals surface area contributed by atoms with Crippen molar-refractivity contribution >= 4 is 0 Å². The zero-order chi connectivity index (χ0) is 14.3. The van der Waals surface area contributed by atoms with E-state index in [1.54, 1.807) is 0 Å². The lowest BCUT2D eigenvalue weighted by atomic mass is 9.70. The topological polar surface area (TPSA) is 12.0 Å². The van der Waals surface area contributed by atoms with Crippen molar-refractivity contribution in [1.82, 2.24) is 5.32 Å². The molecule has 1 nitrogen and oxygen atoms in total. The van der Waals surface area contributed by atoms with Gasteiger partial charge in [-0.3, -0.25) is 0 Å². The first-order valence-corrected chi connectivity index (χ1v) is 8.77. The molecule has 0 aromatic carbocycles. The number of hydrogen-bond donors (Lipinski definition) is 1. The van der Waals surface area contributed by atoms with Crippen LogP contribution in [0.4, 0.5) is 0 Å². The van der Waals surface area contributed by atoms with Crippen molar-refractivity contribution in [3.8, 4) is 0 Å². The molecule has 0 radical (unpaired) electrons. The molecule has 114 valence electrons. The molecule has 0 aliphatic heterocycles.